The van der Waals surface area contributed by atoms with E-state index in [1.165, 1.54) is 0 Å². The van der Waals surface area contributed by atoms with Gasteiger partial charge in [-0.15, -0.1) is 12.4 Å². The lowest BCUT2D eigenvalue weighted by molar-refractivity contribution is -0.133. The highest BCUT2D eigenvalue weighted by Crippen LogP contribution is 2.17. The van der Waals surface area contributed by atoms with Gasteiger partial charge in [-0.05, 0) is 56.6 Å². The molecule has 0 radical (unpaired) electrons. The first-order valence-electron chi connectivity index (χ1n) is 8.48. The highest BCUT2D eigenvalue weighted by molar-refractivity contribution is 7.98. The second-order valence-electron chi connectivity index (χ2n) is 6.34. The van der Waals surface area contributed by atoms with Crippen LogP contribution in [0.1, 0.15) is 38.5 Å². The third-order valence-corrected chi connectivity index (χ3v) is 5.25. The Morgan fingerprint density at radius 2 is 2.13 bits per heavy atom. The molecule has 2 heterocycles. The van der Waals surface area contributed by atoms with Gasteiger partial charge in [-0.25, -0.2) is 0 Å². The van der Waals surface area contributed by atoms with E-state index in [1.54, 1.807) is 11.8 Å². The molecule has 134 valence electrons. The molecule has 2 rings (SSSR count). The predicted molar refractivity (Wildman–Crippen MR) is 98.2 cm³/mol. The van der Waals surface area contributed by atoms with Crippen LogP contribution in [0.15, 0.2) is 0 Å². The molecule has 2 aliphatic rings. The Balaban J connectivity index is 0.00000264. The van der Waals surface area contributed by atoms with Crippen molar-refractivity contribution in [3.8, 4) is 0 Å². The van der Waals surface area contributed by atoms with E-state index in [9.17, 15) is 9.59 Å². The van der Waals surface area contributed by atoms with Gasteiger partial charge in [-0.1, -0.05) is 0 Å². The maximum atomic E-state index is 12.2. The zero-order valence-corrected chi connectivity index (χ0v) is 15.6. The molecular formula is C16H30ClN3O2S. The summed E-state index contributed by atoms with van der Waals surface area (Å²) in [6.45, 7) is 3.33. The van der Waals surface area contributed by atoms with Crippen molar-refractivity contribution < 1.29 is 9.59 Å². The zero-order valence-electron chi connectivity index (χ0n) is 14.0. The molecule has 23 heavy (non-hydrogen) atoms. The number of hydrogen-bond acceptors (Lipinski definition) is 4. The van der Waals surface area contributed by atoms with Crippen LogP contribution in [-0.2, 0) is 9.59 Å². The molecule has 0 bridgehead atoms. The number of likely N-dealkylation sites (tertiary alicyclic amines) is 1. The number of piperidine rings is 1. The molecule has 0 aromatic carbocycles. The number of thioether (sulfide) groups is 1. The van der Waals surface area contributed by atoms with Crippen LogP contribution < -0.4 is 10.6 Å². The normalized spacial score (nSPS) is 24.1. The van der Waals surface area contributed by atoms with Gasteiger partial charge in [-0.3, -0.25) is 9.59 Å². The number of hydrogen-bond donors (Lipinski definition) is 2. The second kappa shape index (κ2) is 11.2. The average Bonchev–Trinajstić information content (AvgIpc) is 3.07. The summed E-state index contributed by atoms with van der Waals surface area (Å²) in [6.07, 6.45) is 7.88. The van der Waals surface area contributed by atoms with Crippen LogP contribution in [0, 0.1) is 5.92 Å². The lowest BCUT2D eigenvalue weighted by Crippen LogP contribution is -2.46. The quantitative estimate of drug-likeness (QED) is 0.675. The van der Waals surface area contributed by atoms with Gasteiger partial charge in [0, 0.05) is 26.1 Å². The Kier molecular flexibility index (Phi) is 9.99. The Morgan fingerprint density at radius 3 is 2.83 bits per heavy atom. The van der Waals surface area contributed by atoms with Crippen molar-refractivity contribution in [3.05, 3.63) is 0 Å². The molecular weight excluding hydrogens is 334 g/mol. The van der Waals surface area contributed by atoms with Crippen molar-refractivity contribution in [2.24, 2.45) is 5.92 Å². The second-order valence-corrected chi connectivity index (χ2v) is 7.32. The first kappa shape index (κ1) is 20.6. The number of carbonyl (C=O) groups excluding carboxylic acids is 2. The Labute approximate surface area is 150 Å². The van der Waals surface area contributed by atoms with Crippen LogP contribution in [0.2, 0.25) is 0 Å². The van der Waals surface area contributed by atoms with E-state index < -0.39 is 0 Å². The fraction of sp³-hybridized carbons (Fsp3) is 0.875. The topological polar surface area (TPSA) is 61.4 Å². The summed E-state index contributed by atoms with van der Waals surface area (Å²) in [6, 6.07) is -0.00660. The lowest BCUT2D eigenvalue weighted by Gasteiger charge is -2.33. The maximum absolute atomic E-state index is 12.2. The van der Waals surface area contributed by atoms with E-state index in [1.807, 2.05) is 4.90 Å². The summed E-state index contributed by atoms with van der Waals surface area (Å²) < 4.78 is 0. The molecule has 2 N–H and O–H groups in total. The first-order chi connectivity index (χ1) is 10.7. The number of carbonyl (C=O) groups is 2. The van der Waals surface area contributed by atoms with E-state index in [0.29, 0.717) is 18.9 Å². The fourth-order valence-electron chi connectivity index (χ4n) is 3.26. The van der Waals surface area contributed by atoms with Gasteiger partial charge >= 0.3 is 0 Å². The van der Waals surface area contributed by atoms with Gasteiger partial charge in [0.2, 0.25) is 11.8 Å². The van der Waals surface area contributed by atoms with E-state index in [4.69, 9.17) is 0 Å². The van der Waals surface area contributed by atoms with Crippen molar-refractivity contribution >= 4 is 36.0 Å². The predicted octanol–water partition coefficient (Wildman–Crippen LogP) is 1.66. The van der Waals surface area contributed by atoms with E-state index in [-0.39, 0.29) is 30.3 Å². The maximum Gasteiger partial charge on any atom is 0.237 e. The summed E-state index contributed by atoms with van der Waals surface area (Å²) in [5.41, 5.74) is 0. The zero-order chi connectivity index (χ0) is 15.8. The first-order valence-corrected chi connectivity index (χ1v) is 9.88. The molecule has 2 aliphatic heterocycles. The van der Waals surface area contributed by atoms with Gasteiger partial charge in [-0.2, -0.15) is 11.8 Å². The SMILES string of the molecule is CSCCCC(=O)N1CCCC(CNC(=O)C2CCCN2)C1.Cl. The summed E-state index contributed by atoms with van der Waals surface area (Å²) >= 11 is 1.79. The minimum absolute atomic E-state index is 0. The fourth-order valence-corrected chi connectivity index (χ4v) is 3.69. The van der Waals surface area contributed by atoms with Crippen molar-refractivity contribution in [2.75, 3.05) is 38.2 Å². The van der Waals surface area contributed by atoms with E-state index >= 15 is 0 Å². The lowest BCUT2D eigenvalue weighted by atomic mass is 9.97. The third kappa shape index (κ3) is 6.89. The van der Waals surface area contributed by atoms with E-state index in [0.717, 1.165) is 57.5 Å². The van der Waals surface area contributed by atoms with Crippen molar-refractivity contribution in [1.82, 2.24) is 15.5 Å². The summed E-state index contributed by atoms with van der Waals surface area (Å²) in [5, 5.41) is 6.28. The third-order valence-electron chi connectivity index (χ3n) is 4.55. The summed E-state index contributed by atoms with van der Waals surface area (Å²) in [4.78, 5) is 26.2. The highest BCUT2D eigenvalue weighted by Gasteiger charge is 2.26. The molecule has 2 amide bonds. The van der Waals surface area contributed by atoms with Crippen LogP contribution in [0.3, 0.4) is 0 Å². The van der Waals surface area contributed by atoms with Gasteiger partial charge in [0.05, 0.1) is 6.04 Å². The highest BCUT2D eigenvalue weighted by atomic mass is 35.5. The molecule has 2 atom stereocenters. The average molecular weight is 364 g/mol. The standard InChI is InChI=1S/C16H29N3O2S.ClH/c1-22-10-4-7-15(20)19-9-3-5-13(12-19)11-18-16(21)14-6-2-8-17-14;/h13-14,17H,2-12H2,1H3,(H,18,21);1H. The van der Waals surface area contributed by atoms with Crippen LogP contribution in [0.25, 0.3) is 0 Å². The van der Waals surface area contributed by atoms with Gasteiger partial charge in [0.25, 0.3) is 0 Å². The monoisotopic (exact) mass is 363 g/mol. The van der Waals surface area contributed by atoms with Gasteiger partial charge < -0.3 is 15.5 Å². The van der Waals surface area contributed by atoms with Gasteiger partial charge in [0.1, 0.15) is 0 Å². The summed E-state index contributed by atoms with van der Waals surface area (Å²) in [5.74, 6) is 1.86. The van der Waals surface area contributed by atoms with Gasteiger partial charge in [0.15, 0.2) is 0 Å². The van der Waals surface area contributed by atoms with Crippen LogP contribution in [-0.4, -0.2) is 60.9 Å². The summed E-state index contributed by atoms with van der Waals surface area (Å²) in [7, 11) is 0. The molecule has 2 unspecified atom stereocenters. The largest absolute Gasteiger partial charge is 0.354 e. The smallest absolute Gasteiger partial charge is 0.237 e. The molecule has 2 saturated heterocycles. The number of nitrogens with one attached hydrogen (secondary N) is 2. The van der Waals surface area contributed by atoms with Crippen molar-refractivity contribution in [1.29, 1.82) is 0 Å². The molecule has 7 heteroatoms. The number of rotatable bonds is 7. The molecule has 5 nitrogen and oxygen atoms in total. The molecule has 0 aromatic heterocycles. The van der Waals surface area contributed by atoms with Crippen LogP contribution in [0.4, 0.5) is 0 Å². The minimum Gasteiger partial charge on any atom is -0.354 e. The molecule has 2 fully saturated rings. The Morgan fingerprint density at radius 1 is 1.30 bits per heavy atom. The Hall–Kier alpha value is -0.460. The van der Waals surface area contributed by atoms with Crippen molar-refractivity contribution in [2.45, 2.75) is 44.6 Å². The van der Waals surface area contributed by atoms with Crippen molar-refractivity contribution in [3.63, 3.8) is 0 Å². The molecule has 0 saturated carbocycles. The molecule has 0 spiro atoms. The van der Waals surface area contributed by atoms with Crippen LogP contribution >= 0.6 is 24.2 Å². The number of halogens is 1. The molecule has 0 aromatic rings. The number of nitrogens with zero attached hydrogens (tertiary/aromatic N) is 1. The number of amides is 2. The van der Waals surface area contributed by atoms with Crippen LogP contribution in [0.5, 0.6) is 0 Å². The molecule has 0 aliphatic carbocycles. The Bertz CT molecular complexity index is 378. The van der Waals surface area contributed by atoms with E-state index in [2.05, 4.69) is 16.9 Å². The minimum atomic E-state index is -0.00660.